The molecule has 0 saturated carbocycles. The first kappa shape index (κ1) is 26.2. The number of piperidine rings is 1. The molecule has 5 rings (SSSR count). The molecule has 7 heteroatoms. The first-order chi connectivity index (χ1) is 18.3. The number of nitrogens with one attached hydrogen (secondary N) is 1. The van der Waals surface area contributed by atoms with Crippen LogP contribution in [0.2, 0.25) is 0 Å². The van der Waals surface area contributed by atoms with Crippen molar-refractivity contribution in [1.29, 1.82) is 0 Å². The summed E-state index contributed by atoms with van der Waals surface area (Å²) in [5, 5.41) is 4.52. The summed E-state index contributed by atoms with van der Waals surface area (Å²) in [6.07, 6.45) is 4.70. The Bertz CT molecular complexity index is 1480. The van der Waals surface area contributed by atoms with Gasteiger partial charge in [-0.05, 0) is 81.1 Å². The van der Waals surface area contributed by atoms with E-state index in [1.54, 1.807) is 0 Å². The summed E-state index contributed by atoms with van der Waals surface area (Å²) >= 11 is 0. The minimum atomic E-state index is -3.43. The standard InChI is InChI=1S/C31H36N4O2S/c1-24-21-31(29-13-6-7-14-30(29)32-24)33-27-11-8-12-28(23-27)35(38(2,36)37)20-19-34-17-15-26(16-18-34)22-25-9-4-3-5-10-25/h3-14,21,23,26H,15-20,22H2,1-2H3,(H,32,33). The van der Waals surface area contributed by atoms with Gasteiger partial charge in [0.15, 0.2) is 0 Å². The number of anilines is 3. The van der Waals surface area contributed by atoms with E-state index < -0.39 is 10.0 Å². The molecule has 2 heterocycles. The third kappa shape index (κ3) is 6.52. The normalized spacial score (nSPS) is 15.0. The van der Waals surface area contributed by atoms with Crippen LogP contribution in [-0.4, -0.2) is 50.7 Å². The van der Waals surface area contributed by atoms with E-state index in [0.717, 1.165) is 66.9 Å². The molecular weight excluding hydrogens is 492 g/mol. The quantitative estimate of drug-likeness (QED) is 0.288. The minimum absolute atomic E-state index is 0.433. The molecule has 6 nitrogen and oxygen atoms in total. The molecule has 1 saturated heterocycles. The first-order valence-corrected chi connectivity index (χ1v) is 15.2. The van der Waals surface area contributed by atoms with E-state index in [1.165, 1.54) is 16.1 Å². The third-order valence-electron chi connectivity index (χ3n) is 7.35. The zero-order valence-corrected chi connectivity index (χ0v) is 23.0. The molecule has 198 valence electrons. The fraction of sp³-hybridized carbons (Fsp3) is 0.323. The summed E-state index contributed by atoms with van der Waals surface area (Å²) in [6.45, 7) is 5.14. The first-order valence-electron chi connectivity index (χ1n) is 13.3. The van der Waals surface area contributed by atoms with Crippen molar-refractivity contribution in [3.63, 3.8) is 0 Å². The van der Waals surface area contributed by atoms with E-state index in [4.69, 9.17) is 0 Å². The van der Waals surface area contributed by atoms with Crippen molar-refractivity contribution >= 4 is 38.0 Å². The molecule has 0 spiro atoms. The van der Waals surface area contributed by atoms with Crippen LogP contribution in [0.15, 0.2) is 84.9 Å². The van der Waals surface area contributed by atoms with Gasteiger partial charge in [0.2, 0.25) is 10.0 Å². The van der Waals surface area contributed by atoms with E-state index in [1.807, 2.05) is 61.5 Å². The summed E-state index contributed by atoms with van der Waals surface area (Å²) in [7, 11) is -3.43. The van der Waals surface area contributed by atoms with Gasteiger partial charge in [-0.2, -0.15) is 0 Å². The number of hydrogen-bond acceptors (Lipinski definition) is 5. The zero-order chi connectivity index (χ0) is 26.5. The highest BCUT2D eigenvalue weighted by molar-refractivity contribution is 7.92. The predicted octanol–water partition coefficient (Wildman–Crippen LogP) is 6.01. The Labute approximate surface area is 226 Å². The Balaban J connectivity index is 1.25. The van der Waals surface area contributed by atoms with Gasteiger partial charge in [0.25, 0.3) is 0 Å². The summed E-state index contributed by atoms with van der Waals surface area (Å²) in [4.78, 5) is 7.01. The maximum Gasteiger partial charge on any atom is 0.232 e. The number of pyridine rings is 1. The molecule has 3 aromatic carbocycles. The number of hydrogen-bond donors (Lipinski definition) is 1. The van der Waals surface area contributed by atoms with Crippen molar-refractivity contribution in [2.45, 2.75) is 26.2 Å². The Morgan fingerprint density at radius 1 is 0.947 bits per heavy atom. The number of fused-ring (bicyclic) bond motifs is 1. The number of aryl methyl sites for hydroxylation is 1. The fourth-order valence-electron chi connectivity index (χ4n) is 5.39. The average molecular weight is 529 g/mol. The van der Waals surface area contributed by atoms with Crippen LogP contribution in [0.1, 0.15) is 24.1 Å². The summed E-state index contributed by atoms with van der Waals surface area (Å²) in [6, 6.07) is 28.4. The number of likely N-dealkylation sites (tertiary alicyclic amines) is 1. The van der Waals surface area contributed by atoms with Gasteiger partial charge in [-0.3, -0.25) is 9.29 Å². The Kier molecular flexibility index (Phi) is 7.95. The maximum absolute atomic E-state index is 12.8. The zero-order valence-electron chi connectivity index (χ0n) is 22.2. The summed E-state index contributed by atoms with van der Waals surface area (Å²) in [5.74, 6) is 0.690. The Morgan fingerprint density at radius 3 is 2.45 bits per heavy atom. The molecule has 1 aliphatic rings. The Morgan fingerprint density at radius 2 is 1.68 bits per heavy atom. The molecule has 38 heavy (non-hydrogen) atoms. The van der Waals surface area contributed by atoms with E-state index in [9.17, 15) is 8.42 Å². The maximum atomic E-state index is 12.8. The molecule has 0 amide bonds. The van der Waals surface area contributed by atoms with Crippen LogP contribution in [0.25, 0.3) is 10.9 Å². The SMILES string of the molecule is Cc1cc(Nc2cccc(N(CCN3CCC(Cc4ccccc4)CC3)S(C)(=O)=O)c2)c2ccccc2n1. The van der Waals surface area contributed by atoms with Gasteiger partial charge in [0.1, 0.15) is 0 Å². The lowest BCUT2D eigenvalue weighted by Gasteiger charge is -2.33. The van der Waals surface area contributed by atoms with Crippen molar-refractivity contribution in [3.8, 4) is 0 Å². The number of nitrogens with zero attached hydrogens (tertiary/aromatic N) is 3. The van der Waals surface area contributed by atoms with Crippen LogP contribution in [0.5, 0.6) is 0 Å². The van der Waals surface area contributed by atoms with Crippen LogP contribution in [0.4, 0.5) is 17.1 Å². The largest absolute Gasteiger partial charge is 0.355 e. The second kappa shape index (κ2) is 11.5. The van der Waals surface area contributed by atoms with Crippen molar-refractivity contribution in [2.75, 3.05) is 42.1 Å². The number of sulfonamides is 1. The van der Waals surface area contributed by atoms with E-state index in [-0.39, 0.29) is 0 Å². The van der Waals surface area contributed by atoms with Gasteiger partial charge in [0, 0.05) is 35.5 Å². The molecule has 1 aliphatic heterocycles. The highest BCUT2D eigenvalue weighted by Crippen LogP contribution is 2.29. The van der Waals surface area contributed by atoms with Crippen molar-refractivity contribution in [3.05, 3.63) is 96.2 Å². The average Bonchev–Trinajstić information content (AvgIpc) is 2.90. The molecule has 0 radical (unpaired) electrons. The van der Waals surface area contributed by atoms with Gasteiger partial charge in [-0.25, -0.2) is 8.42 Å². The summed E-state index contributed by atoms with van der Waals surface area (Å²) in [5.41, 5.74) is 5.72. The topological polar surface area (TPSA) is 65.5 Å². The molecule has 4 aromatic rings. The van der Waals surface area contributed by atoms with Crippen LogP contribution >= 0.6 is 0 Å². The van der Waals surface area contributed by atoms with Gasteiger partial charge in [0.05, 0.1) is 17.5 Å². The molecule has 0 unspecified atom stereocenters. The summed E-state index contributed by atoms with van der Waals surface area (Å²) < 4.78 is 27.2. The molecule has 1 N–H and O–H groups in total. The third-order valence-corrected chi connectivity index (χ3v) is 8.55. The monoisotopic (exact) mass is 528 g/mol. The minimum Gasteiger partial charge on any atom is -0.355 e. The smallest absolute Gasteiger partial charge is 0.232 e. The second-order valence-corrected chi connectivity index (χ2v) is 12.2. The number of para-hydroxylation sites is 1. The second-order valence-electron chi connectivity index (χ2n) is 10.3. The molecule has 0 aliphatic carbocycles. The van der Waals surface area contributed by atoms with Crippen molar-refractivity contribution in [1.82, 2.24) is 9.88 Å². The van der Waals surface area contributed by atoms with Gasteiger partial charge >= 0.3 is 0 Å². The predicted molar refractivity (Wildman–Crippen MR) is 158 cm³/mol. The van der Waals surface area contributed by atoms with Crippen LogP contribution in [0, 0.1) is 12.8 Å². The molecule has 1 aromatic heterocycles. The lowest BCUT2D eigenvalue weighted by molar-refractivity contribution is 0.188. The van der Waals surface area contributed by atoms with E-state index in [2.05, 4.69) is 45.5 Å². The Hall–Kier alpha value is -3.42. The highest BCUT2D eigenvalue weighted by Gasteiger charge is 2.23. The highest BCUT2D eigenvalue weighted by atomic mass is 32.2. The lowest BCUT2D eigenvalue weighted by Crippen LogP contribution is -2.41. The number of rotatable bonds is 9. The number of benzene rings is 3. The van der Waals surface area contributed by atoms with Gasteiger partial charge < -0.3 is 10.2 Å². The van der Waals surface area contributed by atoms with Crippen molar-refractivity contribution < 1.29 is 8.42 Å². The van der Waals surface area contributed by atoms with Gasteiger partial charge in [-0.1, -0.05) is 54.6 Å². The molecule has 1 fully saturated rings. The lowest BCUT2D eigenvalue weighted by atomic mass is 9.90. The van der Waals surface area contributed by atoms with Crippen LogP contribution in [-0.2, 0) is 16.4 Å². The molecule has 0 atom stereocenters. The molecule has 0 bridgehead atoms. The van der Waals surface area contributed by atoms with E-state index >= 15 is 0 Å². The molecular formula is C31H36N4O2S. The fourth-order valence-corrected chi connectivity index (χ4v) is 6.30. The number of aromatic nitrogens is 1. The van der Waals surface area contributed by atoms with E-state index in [0.29, 0.717) is 18.2 Å². The van der Waals surface area contributed by atoms with Crippen LogP contribution in [0.3, 0.4) is 0 Å². The van der Waals surface area contributed by atoms with Crippen molar-refractivity contribution in [2.24, 2.45) is 5.92 Å². The van der Waals surface area contributed by atoms with Gasteiger partial charge in [-0.15, -0.1) is 0 Å². The van der Waals surface area contributed by atoms with Crippen LogP contribution < -0.4 is 9.62 Å².